The number of fused-ring (bicyclic) bond motifs is 1. The largest absolute Gasteiger partial charge is 0.483 e. The minimum atomic E-state index is -3.12. The molecule has 150 valence electrons. The van der Waals surface area contributed by atoms with E-state index in [0.29, 0.717) is 24.8 Å². The van der Waals surface area contributed by atoms with Gasteiger partial charge in [-0.15, -0.1) is 0 Å². The zero-order chi connectivity index (χ0) is 19.8. The Labute approximate surface area is 162 Å². The first kappa shape index (κ1) is 20.1. The summed E-state index contributed by atoms with van der Waals surface area (Å²) in [4.78, 5) is 16.8. The second kappa shape index (κ2) is 7.80. The van der Waals surface area contributed by atoms with E-state index < -0.39 is 9.84 Å². The molecule has 0 radical (unpaired) electrons. The lowest BCUT2D eigenvalue weighted by atomic mass is 10.0. The molecule has 0 saturated carbocycles. The van der Waals surface area contributed by atoms with E-state index in [0.717, 1.165) is 17.7 Å². The number of benzene rings is 1. The summed E-state index contributed by atoms with van der Waals surface area (Å²) in [6, 6.07) is 5.41. The van der Waals surface area contributed by atoms with Crippen LogP contribution in [0.2, 0.25) is 0 Å². The van der Waals surface area contributed by atoms with Crippen molar-refractivity contribution in [1.29, 1.82) is 0 Å². The molecule has 0 N–H and O–H groups in total. The van der Waals surface area contributed by atoms with Crippen LogP contribution in [0.3, 0.4) is 0 Å². The van der Waals surface area contributed by atoms with Crippen LogP contribution in [0.25, 0.3) is 0 Å². The molecule has 2 heterocycles. The minimum Gasteiger partial charge on any atom is -0.483 e. The SMILES string of the molecule is Cc1cccc(OCC(=O)N2CCN(CC(C)C)[C@@H]3CS(=O)(=O)C[C@@H]32)c1C. The maximum atomic E-state index is 12.8. The average Bonchev–Trinajstić information content (AvgIpc) is 2.91. The highest BCUT2D eigenvalue weighted by molar-refractivity contribution is 7.91. The van der Waals surface area contributed by atoms with E-state index in [2.05, 4.69) is 18.7 Å². The van der Waals surface area contributed by atoms with Crippen LogP contribution >= 0.6 is 0 Å². The number of nitrogens with zero attached hydrogens (tertiary/aromatic N) is 2. The van der Waals surface area contributed by atoms with Gasteiger partial charge in [-0.25, -0.2) is 8.42 Å². The van der Waals surface area contributed by atoms with Crippen molar-refractivity contribution < 1.29 is 17.9 Å². The minimum absolute atomic E-state index is 0.0570. The maximum Gasteiger partial charge on any atom is 0.260 e. The number of sulfone groups is 1. The van der Waals surface area contributed by atoms with Gasteiger partial charge in [-0.3, -0.25) is 9.69 Å². The molecule has 6 nitrogen and oxygen atoms in total. The fourth-order valence-corrected chi connectivity index (χ4v) is 6.14. The number of hydrogen-bond donors (Lipinski definition) is 0. The Morgan fingerprint density at radius 3 is 2.59 bits per heavy atom. The molecule has 2 aliphatic rings. The number of ether oxygens (including phenoxy) is 1. The van der Waals surface area contributed by atoms with Crippen LogP contribution in [-0.4, -0.2) is 74.0 Å². The Balaban J connectivity index is 1.70. The molecule has 2 saturated heterocycles. The van der Waals surface area contributed by atoms with E-state index in [9.17, 15) is 13.2 Å². The summed E-state index contributed by atoms with van der Waals surface area (Å²) in [6.45, 7) is 10.3. The molecule has 0 aliphatic carbocycles. The predicted molar refractivity (Wildman–Crippen MR) is 106 cm³/mol. The van der Waals surface area contributed by atoms with Crippen molar-refractivity contribution in [3.8, 4) is 5.75 Å². The second-order valence-electron chi connectivity index (χ2n) is 8.17. The average molecular weight is 395 g/mol. The van der Waals surface area contributed by atoms with Crippen LogP contribution in [0.4, 0.5) is 0 Å². The third-order valence-electron chi connectivity index (χ3n) is 5.62. The molecule has 0 unspecified atom stereocenters. The highest BCUT2D eigenvalue weighted by atomic mass is 32.2. The summed E-state index contributed by atoms with van der Waals surface area (Å²) in [6.07, 6.45) is 0. The van der Waals surface area contributed by atoms with Crippen molar-refractivity contribution in [3.63, 3.8) is 0 Å². The van der Waals surface area contributed by atoms with Gasteiger partial charge < -0.3 is 9.64 Å². The highest BCUT2D eigenvalue weighted by Crippen LogP contribution is 2.28. The quantitative estimate of drug-likeness (QED) is 0.760. The number of rotatable bonds is 5. The molecule has 0 bridgehead atoms. The summed E-state index contributed by atoms with van der Waals surface area (Å²) in [5, 5.41) is 0. The van der Waals surface area contributed by atoms with Crippen LogP contribution < -0.4 is 4.74 Å². The van der Waals surface area contributed by atoms with Crippen molar-refractivity contribution in [1.82, 2.24) is 9.80 Å². The summed E-state index contributed by atoms with van der Waals surface area (Å²) in [5.41, 5.74) is 2.14. The number of hydrogen-bond acceptors (Lipinski definition) is 5. The Hall–Kier alpha value is -1.60. The Morgan fingerprint density at radius 1 is 1.19 bits per heavy atom. The van der Waals surface area contributed by atoms with E-state index in [-0.39, 0.29) is 36.1 Å². The molecule has 7 heteroatoms. The van der Waals surface area contributed by atoms with Crippen LogP contribution in [0.1, 0.15) is 25.0 Å². The summed E-state index contributed by atoms with van der Waals surface area (Å²) >= 11 is 0. The molecule has 2 aliphatic heterocycles. The van der Waals surface area contributed by atoms with Gasteiger partial charge in [0.25, 0.3) is 5.91 Å². The molecular weight excluding hydrogens is 364 g/mol. The number of amides is 1. The van der Waals surface area contributed by atoms with Gasteiger partial charge in [-0.2, -0.15) is 0 Å². The van der Waals surface area contributed by atoms with Crippen molar-refractivity contribution in [2.45, 2.75) is 39.8 Å². The van der Waals surface area contributed by atoms with Crippen LogP contribution in [0.15, 0.2) is 18.2 Å². The molecule has 0 spiro atoms. The normalized spacial score (nSPS) is 24.9. The highest BCUT2D eigenvalue weighted by Gasteiger charge is 2.47. The molecule has 2 atom stereocenters. The van der Waals surface area contributed by atoms with Gasteiger partial charge in [-0.1, -0.05) is 26.0 Å². The molecule has 1 aromatic rings. The number of aryl methyl sites for hydroxylation is 1. The molecule has 3 rings (SSSR count). The first-order valence-corrected chi connectivity index (χ1v) is 11.4. The zero-order valence-corrected chi connectivity index (χ0v) is 17.5. The topological polar surface area (TPSA) is 66.9 Å². The van der Waals surface area contributed by atoms with Crippen molar-refractivity contribution in [3.05, 3.63) is 29.3 Å². The molecule has 27 heavy (non-hydrogen) atoms. The number of carbonyl (C=O) groups is 1. The lowest BCUT2D eigenvalue weighted by Gasteiger charge is -2.44. The van der Waals surface area contributed by atoms with Crippen molar-refractivity contribution in [2.75, 3.05) is 37.7 Å². The van der Waals surface area contributed by atoms with Gasteiger partial charge in [0.05, 0.1) is 17.5 Å². The lowest BCUT2D eigenvalue weighted by Crippen LogP contribution is -2.61. The monoisotopic (exact) mass is 394 g/mol. The van der Waals surface area contributed by atoms with Crippen LogP contribution in [0.5, 0.6) is 5.75 Å². The van der Waals surface area contributed by atoms with E-state index >= 15 is 0 Å². The van der Waals surface area contributed by atoms with Gasteiger partial charge in [0.1, 0.15) is 5.75 Å². The number of carbonyl (C=O) groups excluding carboxylic acids is 1. The first-order chi connectivity index (χ1) is 12.7. The lowest BCUT2D eigenvalue weighted by molar-refractivity contribution is -0.139. The maximum absolute atomic E-state index is 12.8. The summed E-state index contributed by atoms with van der Waals surface area (Å²) in [7, 11) is -3.12. The van der Waals surface area contributed by atoms with Crippen molar-refractivity contribution >= 4 is 15.7 Å². The van der Waals surface area contributed by atoms with Gasteiger partial charge in [0.2, 0.25) is 0 Å². The smallest absolute Gasteiger partial charge is 0.260 e. The van der Waals surface area contributed by atoms with Crippen molar-refractivity contribution in [2.24, 2.45) is 5.92 Å². The standard InChI is InChI=1S/C20H30N2O4S/c1-14(2)10-21-8-9-22(18-13-27(24,25)12-17(18)21)20(23)11-26-19-7-5-6-15(3)16(19)4/h5-7,14,17-18H,8-13H2,1-4H3/t17-,18+/m1/s1. The van der Waals surface area contributed by atoms with E-state index in [4.69, 9.17) is 4.74 Å². The van der Waals surface area contributed by atoms with E-state index in [1.807, 2.05) is 32.0 Å². The van der Waals surface area contributed by atoms with Gasteiger partial charge in [0.15, 0.2) is 16.4 Å². The van der Waals surface area contributed by atoms with Gasteiger partial charge >= 0.3 is 0 Å². The van der Waals surface area contributed by atoms with E-state index in [1.165, 1.54) is 0 Å². The molecule has 1 aromatic carbocycles. The Kier molecular flexibility index (Phi) is 5.82. The van der Waals surface area contributed by atoms with Gasteiger partial charge in [0, 0.05) is 25.7 Å². The molecular formula is C20H30N2O4S. The van der Waals surface area contributed by atoms with Crippen LogP contribution in [0, 0.1) is 19.8 Å². The Morgan fingerprint density at radius 2 is 1.89 bits per heavy atom. The Bertz CT molecular complexity index is 806. The third-order valence-corrected chi connectivity index (χ3v) is 7.32. The summed E-state index contributed by atoms with van der Waals surface area (Å²) < 4.78 is 30.3. The molecule has 0 aromatic heterocycles. The fraction of sp³-hybridized carbons (Fsp3) is 0.650. The molecule has 1 amide bonds. The van der Waals surface area contributed by atoms with E-state index in [1.54, 1.807) is 4.90 Å². The first-order valence-electron chi connectivity index (χ1n) is 9.61. The third kappa shape index (κ3) is 4.46. The summed E-state index contributed by atoms with van der Waals surface area (Å²) in [5.74, 6) is 1.24. The zero-order valence-electron chi connectivity index (χ0n) is 16.6. The van der Waals surface area contributed by atoms with Crippen LogP contribution in [-0.2, 0) is 14.6 Å². The predicted octanol–water partition coefficient (Wildman–Crippen LogP) is 1.65. The second-order valence-corrected chi connectivity index (χ2v) is 10.3. The van der Waals surface area contributed by atoms with Gasteiger partial charge in [-0.05, 0) is 37.0 Å². The molecule has 2 fully saturated rings. The number of piperazine rings is 1. The fourth-order valence-electron chi connectivity index (χ4n) is 4.13.